The first kappa shape index (κ1) is 20.5. The predicted molar refractivity (Wildman–Crippen MR) is 105 cm³/mol. The van der Waals surface area contributed by atoms with E-state index in [1.54, 1.807) is 38.3 Å². The molecule has 0 unspecified atom stereocenters. The molecule has 29 heavy (non-hydrogen) atoms. The number of benzene rings is 2. The minimum absolute atomic E-state index is 0.0680. The quantitative estimate of drug-likeness (QED) is 0.441. The summed E-state index contributed by atoms with van der Waals surface area (Å²) in [6.07, 6.45) is 1.76. The number of nitro groups is 1. The molecule has 0 spiro atoms. The second kappa shape index (κ2) is 8.41. The molecule has 0 atom stereocenters. The van der Waals surface area contributed by atoms with E-state index in [4.69, 9.17) is 9.15 Å². The Kier molecular flexibility index (Phi) is 5.95. The van der Waals surface area contributed by atoms with Gasteiger partial charge in [0.1, 0.15) is 12.0 Å². The van der Waals surface area contributed by atoms with Gasteiger partial charge in [-0.15, -0.1) is 0 Å². The molecule has 0 fully saturated rings. The van der Waals surface area contributed by atoms with Crippen molar-refractivity contribution in [1.82, 2.24) is 9.71 Å². The van der Waals surface area contributed by atoms with E-state index in [1.807, 2.05) is 0 Å². The number of ether oxygens (including phenoxy) is 1. The summed E-state index contributed by atoms with van der Waals surface area (Å²) >= 11 is 0. The van der Waals surface area contributed by atoms with Gasteiger partial charge in [0.25, 0.3) is 5.69 Å². The number of methoxy groups -OCH3 is 1. The zero-order chi connectivity index (χ0) is 21.0. The van der Waals surface area contributed by atoms with E-state index in [-0.39, 0.29) is 17.1 Å². The lowest BCUT2D eigenvalue weighted by Crippen LogP contribution is -2.26. The van der Waals surface area contributed by atoms with Crippen LogP contribution in [-0.4, -0.2) is 32.0 Å². The first-order valence-electron chi connectivity index (χ1n) is 8.63. The summed E-state index contributed by atoms with van der Waals surface area (Å²) in [4.78, 5) is 14.6. The molecule has 1 heterocycles. The van der Waals surface area contributed by atoms with E-state index in [0.29, 0.717) is 29.3 Å². The van der Waals surface area contributed by atoms with Crippen LogP contribution in [0.5, 0.6) is 5.75 Å². The standard InChI is InChI=1S/C19H19N3O6S/c1-13-3-8-17(11-18(13)22(23)24)29(25,26)20-10-9-15-12-28-19(21-15)14-4-6-16(27-2)7-5-14/h3-8,11-12,20H,9-10H2,1-2H3. The number of nitro benzene ring substituents is 1. The Morgan fingerprint density at radius 1 is 1.21 bits per heavy atom. The fourth-order valence-electron chi connectivity index (χ4n) is 2.64. The lowest BCUT2D eigenvalue weighted by molar-refractivity contribution is -0.385. The van der Waals surface area contributed by atoms with E-state index in [1.165, 1.54) is 18.4 Å². The van der Waals surface area contributed by atoms with Crippen LogP contribution >= 0.6 is 0 Å². The van der Waals surface area contributed by atoms with E-state index >= 15 is 0 Å². The minimum Gasteiger partial charge on any atom is -0.497 e. The van der Waals surface area contributed by atoms with Crippen molar-refractivity contribution in [2.75, 3.05) is 13.7 Å². The van der Waals surface area contributed by atoms with Crippen LogP contribution in [0.25, 0.3) is 11.5 Å². The molecule has 3 aromatic rings. The summed E-state index contributed by atoms with van der Waals surface area (Å²) < 4.78 is 37.8. The van der Waals surface area contributed by atoms with Gasteiger partial charge in [-0.2, -0.15) is 0 Å². The van der Waals surface area contributed by atoms with E-state index in [2.05, 4.69) is 9.71 Å². The number of nitrogens with one attached hydrogen (secondary N) is 1. The molecule has 0 aliphatic rings. The first-order valence-corrected chi connectivity index (χ1v) is 10.1. The number of rotatable bonds is 8. The van der Waals surface area contributed by atoms with Crippen molar-refractivity contribution in [3.05, 3.63) is 70.1 Å². The Labute approximate surface area is 167 Å². The maximum absolute atomic E-state index is 12.4. The van der Waals surface area contributed by atoms with Gasteiger partial charge in [-0.3, -0.25) is 10.1 Å². The highest BCUT2D eigenvalue weighted by molar-refractivity contribution is 7.89. The summed E-state index contributed by atoms with van der Waals surface area (Å²) in [7, 11) is -2.31. The number of hydrogen-bond acceptors (Lipinski definition) is 7. The fourth-order valence-corrected chi connectivity index (χ4v) is 3.69. The normalized spacial score (nSPS) is 11.4. The highest BCUT2D eigenvalue weighted by Gasteiger charge is 2.19. The summed E-state index contributed by atoms with van der Waals surface area (Å²) in [5.41, 5.74) is 1.49. The summed E-state index contributed by atoms with van der Waals surface area (Å²) in [5.74, 6) is 1.13. The number of sulfonamides is 1. The third-order valence-electron chi connectivity index (χ3n) is 4.25. The van der Waals surface area contributed by atoms with Gasteiger partial charge in [0.2, 0.25) is 15.9 Å². The van der Waals surface area contributed by atoms with Crippen LogP contribution in [0.4, 0.5) is 5.69 Å². The highest BCUT2D eigenvalue weighted by atomic mass is 32.2. The Morgan fingerprint density at radius 3 is 2.59 bits per heavy atom. The molecular formula is C19H19N3O6S. The molecule has 1 aromatic heterocycles. The molecule has 0 aliphatic carbocycles. The SMILES string of the molecule is COc1ccc(-c2nc(CCNS(=O)(=O)c3ccc(C)c([N+](=O)[O-])c3)co2)cc1. The fraction of sp³-hybridized carbons (Fsp3) is 0.211. The van der Waals surface area contributed by atoms with Gasteiger partial charge < -0.3 is 9.15 Å². The van der Waals surface area contributed by atoms with Crippen LogP contribution in [0.2, 0.25) is 0 Å². The topological polar surface area (TPSA) is 125 Å². The zero-order valence-corrected chi connectivity index (χ0v) is 16.6. The van der Waals surface area contributed by atoms with Crippen molar-refractivity contribution in [3.63, 3.8) is 0 Å². The molecular weight excluding hydrogens is 398 g/mol. The smallest absolute Gasteiger partial charge is 0.273 e. The molecule has 10 heteroatoms. The Hall–Kier alpha value is -3.24. The third-order valence-corrected chi connectivity index (χ3v) is 5.71. The molecule has 9 nitrogen and oxygen atoms in total. The van der Waals surface area contributed by atoms with Crippen molar-refractivity contribution in [3.8, 4) is 17.2 Å². The number of oxazole rings is 1. The molecule has 152 valence electrons. The van der Waals surface area contributed by atoms with Gasteiger partial charge in [0.15, 0.2) is 0 Å². The Morgan fingerprint density at radius 2 is 1.93 bits per heavy atom. The molecule has 0 saturated carbocycles. The Bertz CT molecular complexity index is 1120. The zero-order valence-electron chi connectivity index (χ0n) is 15.8. The van der Waals surface area contributed by atoms with Crippen LogP contribution in [-0.2, 0) is 16.4 Å². The van der Waals surface area contributed by atoms with Crippen molar-refractivity contribution in [1.29, 1.82) is 0 Å². The van der Waals surface area contributed by atoms with Gasteiger partial charge in [-0.25, -0.2) is 18.1 Å². The van der Waals surface area contributed by atoms with Crippen LogP contribution in [0.15, 0.2) is 58.0 Å². The number of aromatic nitrogens is 1. The lowest BCUT2D eigenvalue weighted by atomic mass is 10.2. The molecule has 0 radical (unpaired) electrons. The average Bonchev–Trinajstić information content (AvgIpc) is 3.16. The Balaban J connectivity index is 1.64. The first-order chi connectivity index (χ1) is 13.8. The van der Waals surface area contributed by atoms with Crippen LogP contribution in [0.1, 0.15) is 11.3 Å². The second-order valence-corrected chi connectivity index (χ2v) is 7.99. The van der Waals surface area contributed by atoms with Crippen LogP contribution < -0.4 is 9.46 Å². The van der Waals surface area contributed by atoms with Crippen LogP contribution in [0.3, 0.4) is 0 Å². The lowest BCUT2D eigenvalue weighted by Gasteiger charge is -2.06. The van der Waals surface area contributed by atoms with E-state index < -0.39 is 14.9 Å². The van der Waals surface area contributed by atoms with Gasteiger partial charge in [-0.1, -0.05) is 6.07 Å². The predicted octanol–water partition coefficient (Wildman–Crippen LogP) is 3.09. The number of nitrogens with zero attached hydrogens (tertiary/aromatic N) is 2. The van der Waals surface area contributed by atoms with Gasteiger partial charge in [0, 0.05) is 30.2 Å². The monoisotopic (exact) mass is 417 g/mol. The summed E-state index contributed by atoms with van der Waals surface area (Å²) in [6.45, 7) is 1.62. The second-order valence-electron chi connectivity index (χ2n) is 6.23. The largest absolute Gasteiger partial charge is 0.497 e. The van der Waals surface area contributed by atoms with Crippen molar-refractivity contribution in [2.24, 2.45) is 0 Å². The van der Waals surface area contributed by atoms with E-state index in [0.717, 1.165) is 11.6 Å². The van der Waals surface area contributed by atoms with Crippen molar-refractivity contribution >= 4 is 15.7 Å². The number of aryl methyl sites for hydroxylation is 1. The number of hydrogen-bond donors (Lipinski definition) is 1. The highest BCUT2D eigenvalue weighted by Crippen LogP contribution is 2.23. The van der Waals surface area contributed by atoms with Crippen molar-refractivity contribution in [2.45, 2.75) is 18.2 Å². The maximum atomic E-state index is 12.4. The third kappa shape index (κ3) is 4.79. The maximum Gasteiger partial charge on any atom is 0.273 e. The van der Waals surface area contributed by atoms with Crippen molar-refractivity contribution < 1.29 is 22.5 Å². The average molecular weight is 417 g/mol. The molecule has 0 aliphatic heterocycles. The van der Waals surface area contributed by atoms with Gasteiger partial charge in [0.05, 0.1) is 22.6 Å². The summed E-state index contributed by atoms with van der Waals surface area (Å²) in [5, 5.41) is 11.0. The molecule has 2 aromatic carbocycles. The molecule has 3 rings (SSSR count). The molecule has 0 saturated heterocycles. The van der Waals surface area contributed by atoms with E-state index in [9.17, 15) is 18.5 Å². The van der Waals surface area contributed by atoms with Crippen LogP contribution in [0, 0.1) is 17.0 Å². The minimum atomic E-state index is -3.88. The molecule has 0 bridgehead atoms. The van der Waals surface area contributed by atoms with Gasteiger partial charge in [-0.05, 0) is 37.3 Å². The molecule has 0 amide bonds. The molecule has 1 N–H and O–H groups in total. The van der Waals surface area contributed by atoms with Gasteiger partial charge >= 0.3 is 0 Å². The summed E-state index contributed by atoms with van der Waals surface area (Å²) in [6, 6.07) is 11.0.